The average Bonchev–Trinajstić information content (AvgIpc) is 3.81. The van der Waals surface area contributed by atoms with E-state index in [-0.39, 0.29) is 11.6 Å². The van der Waals surface area contributed by atoms with Crippen LogP contribution in [0.15, 0.2) is 64.2 Å². The van der Waals surface area contributed by atoms with Crippen molar-refractivity contribution in [3.8, 4) is 11.3 Å². The van der Waals surface area contributed by atoms with Crippen molar-refractivity contribution in [1.82, 2.24) is 19.4 Å². The van der Waals surface area contributed by atoms with Crippen LogP contribution in [0.3, 0.4) is 0 Å². The molecule has 0 amide bonds. The van der Waals surface area contributed by atoms with Gasteiger partial charge in [0, 0.05) is 35.7 Å². The largest absolute Gasteiger partial charge is 0.384 e. The summed E-state index contributed by atoms with van der Waals surface area (Å²) in [4.78, 5) is 29.8. The van der Waals surface area contributed by atoms with Crippen molar-refractivity contribution in [3.63, 3.8) is 0 Å². The van der Waals surface area contributed by atoms with Gasteiger partial charge in [-0.05, 0) is 88.5 Å². The first-order valence-electron chi connectivity index (χ1n) is 15.2. The van der Waals surface area contributed by atoms with E-state index in [2.05, 4.69) is 29.1 Å². The number of nitrogens with one attached hydrogen (secondary N) is 1. The molecule has 5 rings (SSSR count). The molecule has 3 N–H and O–H groups in total. The number of nitrogens with two attached hydrogens (primary N) is 1. The van der Waals surface area contributed by atoms with E-state index in [0.717, 1.165) is 47.3 Å². The fraction of sp³-hybridized carbons (Fsp3) is 0.455. The van der Waals surface area contributed by atoms with Crippen molar-refractivity contribution in [3.05, 3.63) is 75.9 Å². The molecular weight excluding hydrogens is 548 g/mol. The Morgan fingerprint density at radius 3 is 2.67 bits per heavy atom. The summed E-state index contributed by atoms with van der Waals surface area (Å²) in [7, 11) is 0. The van der Waals surface area contributed by atoms with Crippen molar-refractivity contribution >= 4 is 22.8 Å². The van der Waals surface area contributed by atoms with Crippen LogP contribution in [0, 0.1) is 12.8 Å². The topological polar surface area (TPSA) is 101 Å². The number of anilines is 1. The van der Waals surface area contributed by atoms with Gasteiger partial charge in [-0.25, -0.2) is 13.8 Å². The summed E-state index contributed by atoms with van der Waals surface area (Å²) in [5, 5.41) is 3.80. The van der Waals surface area contributed by atoms with Gasteiger partial charge in [0.05, 0.1) is 5.69 Å². The second-order valence-electron chi connectivity index (χ2n) is 11.6. The van der Waals surface area contributed by atoms with Gasteiger partial charge in [0.2, 0.25) is 5.95 Å². The third-order valence-electron chi connectivity index (χ3n) is 8.35. The molecule has 2 unspecified atom stereocenters. The molecule has 2 aromatic heterocycles. The van der Waals surface area contributed by atoms with Crippen LogP contribution < -0.4 is 16.6 Å². The molecule has 2 atom stereocenters. The van der Waals surface area contributed by atoms with E-state index >= 15 is 8.78 Å². The molecule has 1 saturated carbocycles. The van der Waals surface area contributed by atoms with Crippen LogP contribution in [0.4, 0.5) is 14.7 Å². The van der Waals surface area contributed by atoms with Gasteiger partial charge in [-0.2, -0.15) is 4.98 Å². The van der Waals surface area contributed by atoms with Crippen molar-refractivity contribution in [2.75, 3.05) is 38.0 Å². The molecule has 2 heterocycles. The summed E-state index contributed by atoms with van der Waals surface area (Å²) in [5.74, 6) is 0.575. The second kappa shape index (κ2) is 12.8. The number of amidine groups is 1. The molecule has 0 bridgehead atoms. The van der Waals surface area contributed by atoms with Gasteiger partial charge in [0.25, 0.3) is 5.56 Å². The van der Waals surface area contributed by atoms with Gasteiger partial charge < -0.3 is 16.0 Å². The number of allylic oxidation sites excluding steroid dienone is 4. The molecule has 43 heavy (non-hydrogen) atoms. The Balaban J connectivity index is 1.64. The maximum absolute atomic E-state index is 15.8. The van der Waals surface area contributed by atoms with Crippen molar-refractivity contribution in [2.24, 2.45) is 16.6 Å². The third kappa shape index (κ3) is 6.69. The predicted molar refractivity (Wildman–Crippen MR) is 170 cm³/mol. The minimum atomic E-state index is -2.15. The van der Waals surface area contributed by atoms with E-state index in [1.165, 1.54) is 44.1 Å². The van der Waals surface area contributed by atoms with Crippen LogP contribution in [-0.4, -0.2) is 63.7 Å². The normalized spacial score (nSPS) is 20.6. The molecular formula is C33H41F2N7O. The monoisotopic (exact) mass is 589 g/mol. The molecule has 10 heteroatoms. The van der Waals surface area contributed by atoms with E-state index in [1.54, 1.807) is 6.07 Å². The van der Waals surface area contributed by atoms with Crippen LogP contribution in [0.5, 0.6) is 0 Å². The van der Waals surface area contributed by atoms with Gasteiger partial charge in [-0.1, -0.05) is 32.1 Å². The Morgan fingerprint density at radius 1 is 1.21 bits per heavy atom. The molecule has 8 nitrogen and oxygen atoms in total. The summed E-state index contributed by atoms with van der Waals surface area (Å²) in [6.07, 6.45) is 6.98. The number of alkyl halides is 1. The zero-order valence-electron chi connectivity index (χ0n) is 25.4. The summed E-state index contributed by atoms with van der Waals surface area (Å²) in [6, 6.07) is 7.26. The molecule has 2 aliphatic rings. The molecule has 0 radical (unpaired) electrons. The van der Waals surface area contributed by atoms with Gasteiger partial charge in [-0.15, -0.1) is 0 Å². The predicted octanol–water partition coefficient (Wildman–Crippen LogP) is 5.72. The number of aliphatic imine (C=N–C) groups is 1. The minimum Gasteiger partial charge on any atom is -0.384 e. The lowest BCUT2D eigenvalue weighted by Crippen LogP contribution is -2.38. The van der Waals surface area contributed by atoms with Crippen LogP contribution in [0.1, 0.15) is 57.2 Å². The first-order chi connectivity index (χ1) is 20.6. The number of nitrogens with zero attached hydrogens (tertiary/aromatic N) is 5. The van der Waals surface area contributed by atoms with E-state index in [0.29, 0.717) is 35.9 Å². The molecule has 3 aromatic rings. The summed E-state index contributed by atoms with van der Waals surface area (Å²) >= 11 is 0. The number of pyridine rings is 1. The number of aryl methyl sites for hydroxylation is 1. The maximum Gasteiger partial charge on any atom is 0.252 e. The molecule has 1 fully saturated rings. The van der Waals surface area contributed by atoms with Crippen molar-refractivity contribution in [1.29, 1.82) is 0 Å². The number of hydrogen-bond donors (Lipinski definition) is 2. The van der Waals surface area contributed by atoms with Gasteiger partial charge in [0.15, 0.2) is 5.67 Å². The van der Waals surface area contributed by atoms with E-state index in [9.17, 15) is 4.79 Å². The molecule has 0 spiro atoms. The number of halogens is 2. The highest BCUT2D eigenvalue weighted by Gasteiger charge is 2.40. The summed E-state index contributed by atoms with van der Waals surface area (Å²) in [5.41, 5.74) is 6.82. The maximum atomic E-state index is 15.8. The van der Waals surface area contributed by atoms with Crippen LogP contribution in [0.2, 0.25) is 0 Å². The van der Waals surface area contributed by atoms with Gasteiger partial charge >= 0.3 is 0 Å². The molecule has 0 aliphatic heterocycles. The lowest BCUT2D eigenvalue weighted by Gasteiger charge is -2.31. The number of hydrogen-bond acceptors (Lipinski definition) is 6. The number of rotatable bonds is 12. The second-order valence-corrected chi connectivity index (χ2v) is 11.6. The Labute approximate surface area is 251 Å². The average molecular weight is 590 g/mol. The molecule has 2 aliphatic carbocycles. The first-order valence-corrected chi connectivity index (χ1v) is 15.2. The Kier molecular flexibility index (Phi) is 9.05. The minimum absolute atomic E-state index is 0.150. The Hall–Kier alpha value is -3.92. The lowest BCUT2D eigenvalue weighted by atomic mass is 9.92. The molecule has 228 valence electrons. The first kappa shape index (κ1) is 30.5. The SMILES string of the molecule is CCN(CC)CCCNc1nc(-c2cc(C(N)=NCC3CC3)ccc2C)c2ccc(=O)n(C3C(F)=CC=CC3(C)F)c2n1. The fourth-order valence-corrected chi connectivity index (χ4v) is 5.52. The third-order valence-corrected chi connectivity index (χ3v) is 8.35. The van der Waals surface area contributed by atoms with E-state index < -0.39 is 23.1 Å². The fourth-order valence-electron chi connectivity index (χ4n) is 5.52. The highest BCUT2D eigenvalue weighted by Crippen LogP contribution is 2.40. The van der Waals surface area contributed by atoms with Gasteiger partial charge in [0.1, 0.15) is 23.4 Å². The molecule has 0 saturated heterocycles. The van der Waals surface area contributed by atoms with Gasteiger partial charge in [-0.3, -0.25) is 14.4 Å². The lowest BCUT2D eigenvalue weighted by molar-refractivity contribution is 0.165. The van der Waals surface area contributed by atoms with Crippen LogP contribution in [-0.2, 0) is 0 Å². The highest BCUT2D eigenvalue weighted by atomic mass is 19.2. The molecule has 1 aromatic carbocycles. The number of aromatic nitrogens is 3. The number of fused-ring (bicyclic) bond motifs is 1. The van der Waals surface area contributed by atoms with Crippen LogP contribution >= 0.6 is 0 Å². The van der Waals surface area contributed by atoms with Crippen molar-refractivity contribution in [2.45, 2.75) is 58.7 Å². The summed E-state index contributed by atoms with van der Waals surface area (Å²) in [6.45, 7) is 11.6. The highest BCUT2D eigenvalue weighted by molar-refractivity contribution is 6.00. The Morgan fingerprint density at radius 2 is 1.98 bits per heavy atom. The zero-order valence-corrected chi connectivity index (χ0v) is 25.4. The zero-order chi connectivity index (χ0) is 30.7. The van der Waals surface area contributed by atoms with Crippen molar-refractivity contribution < 1.29 is 8.78 Å². The standard InChI is InChI=1S/C33H41F2N7O/c1-5-41(6-2)18-8-17-37-32-39-28(25-19-23(13-10-21(25)3)30(36)38-20-22-11-12-22)24-14-15-27(43)42(31(24)40-32)29-26(34)9-7-16-33(29,4)35/h7,9-10,13-16,19,22,29H,5-6,8,11-12,17-18,20H2,1-4H3,(H2,36,38)(H,37,39,40). The number of benzene rings is 1. The van der Waals surface area contributed by atoms with E-state index in [1.807, 2.05) is 25.1 Å². The smallest absolute Gasteiger partial charge is 0.252 e. The van der Waals surface area contributed by atoms with E-state index in [4.69, 9.17) is 15.7 Å². The Bertz CT molecular complexity index is 1630. The quantitative estimate of drug-likeness (QED) is 0.159. The summed E-state index contributed by atoms with van der Waals surface area (Å²) < 4.78 is 32.2. The van der Waals surface area contributed by atoms with Crippen LogP contribution in [0.25, 0.3) is 22.3 Å².